The highest BCUT2D eigenvalue weighted by Crippen LogP contribution is 2.37. The van der Waals surface area contributed by atoms with Crippen LogP contribution in [0.25, 0.3) is 49.4 Å². The van der Waals surface area contributed by atoms with Gasteiger partial charge in [-0.25, -0.2) is 0 Å². The number of nitrogens with zero attached hydrogens (tertiary/aromatic N) is 1. The Morgan fingerprint density at radius 3 is 2.40 bits per heavy atom. The second-order valence-electron chi connectivity index (χ2n) is 6.23. The molecule has 120 valence electrons. The number of allylic oxidation sites excluding steroid dienone is 3. The fraction of sp³-hybridized carbons (Fsp3) is 0.0435. The highest BCUT2D eigenvalue weighted by atomic mass is 16.3. The first-order valence-electron chi connectivity index (χ1n) is 8.45. The quantitative estimate of drug-likeness (QED) is 0.329. The molecule has 0 bridgehead atoms. The molecule has 0 unspecified atom stereocenters. The van der Waals surface area contributed by atoms with Crippen LogP contribution in [0.2, 0.25) is 0 Å². The third kappa shape index (κ3) is 1.85. The maximum Gasteiger partial charge on any atom is 0.137 e. The number of aromatic nitrogens is 1. The first-order chi connectivity index (χ1) is 12.3. The van der Waals surface area contributed by atoms with Crippen molar-refractivity contribution in [1.82, 2.24) is 4.57 Å². The number of hydrogen-bond donors (Lipinski definition) is 0. The lowest BCUT2D eigenvalue weighted by atomic mass is 10.1. The van der Waals surface area contributed by atoms with E-state index < -0.39 is 0 Å². The fourth-order valence-corrected chi connectivity index (χ4v) is 3.80. The maximum absolute atomic E-state index is 6.10. The van der Waals surface area contributed by atoms with E-state index in [0.717, 1.165) is 33.2 Å². The Balaban J connectivity index is 2.04. The summed E-state index contributed by atoms with van der Waals surface area (Å²) in [6.45, 7) is 6.03. The molecule has 5 rings (SSSR count). The number of para-hydroxylation sites is 2. The molecule has 0 spiro atoms. The van der Waals surface area contributed by atoms with E-state index in [4.69, 9.17) is 4.42 Å². The molecule has 0 saturated heterocycles. The minimum absolute atomic E-state index is 0.914. The lowest BCUT2D eigenvalue weighted by molar-refractivity contribution is 0.669. The zero-order valence-corrected chi connectivity index (χ0v) is 14.0. The lowest BCUT2D eigenvalue weighted by Gasteiger charge is -2.07. The summed E-state index contributed by atoms with van der Waals surface area (Å²) in [5, 5.41) is 4.79. The third-order valence-corrected chi connectivity index (χ3v) is 4.93. The Kier molecular flexibility index (Phi) is 2.89. The van der Waals surface area contributed by atoms with Crippen LogP contribution in [0.15, 0.2) is 83.8 Å². The van der Waals surface area contributed by atoms with Gasteiger partial charge in [-0.05, 0) is 31.2 Å². The van der Waals surface area contributed by atoms with Gasteiger partial charge in [-0.3, -0.25) is 0 Å². The van der Waals surface area contributed by atoms with Crippen LogP contribution in [0.3, 0.4) is 0 Å². The van der Waals surface area contributed by atoms with Crippen molar-refractivity contribution >= 4 is 49.4 Å². The average Bonchev–Trinajstić information content (AvgIpc) is 3.17. The van der Waals surface area contributed by atoms with Crippen molar-refractivity contribution in [2.24, 2.45) is 0 Å². The molecule has 0 aliphatic carbocycles. The minimum Gasteiger partial charge on any atom is -0.456 e. The van der Waals surface area contributed by atoms with Crippen LogP contribution >= 0.6 is 0 Å². The van der Waals surface area contributed by atoms with Crippen molar-refractivity contribution < 1.29 is 4.42 Å². The van der Waals surface area contributed by atoms with Gasteiger partial charge in [0.05, 0.1) is 11.0 Å². The number of hydrogen-bond acceptors (Lipinski definition) is 1. The lowest BCUT2D eigenvalue weighted by Crippen LogP contribution is -1.93. The number of benzene rings is 3. The van der Waals surface area contributed by atoms with Crippen molar-refractivity contribution in [3.05, 3.63) is 79.4 Å². The van der Waals surface area contributed by atoms with E-state index in [0.29, 0.717) is 0 Å². The van der Waals surface area contributed by atoms with Crippen molar-refractivity contribution in [1.29, 1.82) is 0 Å². The number of fused-ring (bicyclic) bond motifs is 6. The van der Waals surface area contributed by atoms with E-state index in [2.05, 4.69) is 65.8 Å². The van der Waals surface area contributed by atoms with E-state index in [9.17, 15) is 0 Å². The molecule has 0 amide bonds. The summed E-state index contributed by atoms with van der Waals surface area (Å²) in [6, 6.07) is 21.1. The molecule has 0 saturated carbocycles. The van der Waals surface area contributed by atoms with E-state index >= 15 is 0 Å². The zero-order chi connectivity index (χ0) is 17.0. The molecule has 2 aromatic heterocycles. The van der Waals surface area contributed by atoms with Crippen LogP contribution in [-0.4, -0.2) is 4.57 Å². The van der Waals surface area contributed by atoms with E-state index in [1.165, 1.54) is 16.3 Å². The summed E-state index contributed by atoms with van der Waals surface area (Å²) < 4.78 is 8.35. The molecular weight excluding hydrogens is 306 g/mol. The van der Waals surface area contributed by atoms with Crippen molar-refractivity contribution in [2.45, 2.75) is 6.92 Å². The number of rotatable bonds is 2. The van der Waals surface area contributed by atoms with Crippen LogP contribution in [0.5, 0.6) is 0 Å². The second-order valence-corrected chi connectivity index (χ2v) is 6.23. The Morgan fingerprint density at radius 2 is 1.60 bits per heavy atom. The van der Waals surface area contributed by atoms with E-state index in [-0.39, 0.29) is 0 Å². The highest BCUT2D eigenvalue weighted by Gasteiger charge is 2.15. The SMILES string of the molecule is C=C/C(=C\C)n1c2ccccc2c2cc3c(cc21)oc1ccccc13. The molecule has 5 aromatic rings. The molecule has 0 aliphatic rings. The van der Waals surface area contributed by atoms with E-state index in [1.807, 2.05) is 25.1 Å². The van der Waals surface area contributed by atoms with Gasteiger partial charge in [0, 0.05) is 33.3 Å². The largest absolute Gasteiger partial charge is 0.456 e. The zero-order valence-electron chi connectivity index (χ0n) is 14.0. The predicted molar refractivity (Wildman–Crippen MR) is 107 cm³/mol. The summed E-state index contributed by atoms with van der Waals surface area (Å²) in [5.41, 5.74) is 5.23. The van der Waals surface area contributed by atoms with Crippen LogP contribution in [-0.2, 0) is 0 Å². The first-order valence-corrected chi connectivity index (χ1v) is 8.45. The molecule has 0 atom stereocenters. The Labute approximate surface area is 145 Å². The second kappa shape index (κ2) is 5.12. The Morgan fingerprint density at radius 1 is 0.840 bits per heavy atom. The van der Waals surface area contributed by atoms with Crippen molar-refractivity contribution in [3.63, 3.8) is 0 Å². The van der Waals surface area contributed by atoms with Crippen molar-refractivity contribution in [2.75, 3.05) is 0 Å². The van der Waals surface area contributed by atoms with Gasteiger partial charge >= 0.3 is 0 Å². The molecule has 0 fully saturated rings. The minimum atomic E-state index is 0.914. The summed E-state index contributed by atoms with van der Waals surface area (Å²) in [4.78, 5) is 0. The van der Waals surface area contributed by atoms with Gasteiger partial charge in [0.1, 0.15) is 11.2 Å². The maximum atomic E-state index is 6.10. The summed E-state index contributed by atoms with van der Waals surface area (Å²) in [7, 11) is 0. The molecule has 0 radical (unpaired) electrons. The first kappa shape index (κ1) is 14.1. The molecule has 0 N–H and O–H groups in total. The van der Waals surface area contributed by atoms with Crippen LogP contribution in [0.1, 0.15) is 6.92 Å². The average molecular weight is 323 g/mol. The van der Waals surface area contributed by atoms with Crippen LogP contribution in [0, 0.1) is 0 Å². The molecule has 25 heavy (non-hydrogen) atoms. The van der Waals surface area contributed by atoms with Gasteiger partial charge in [0.25, 0.3) is 0 Å². The summed E-state index contributed by atoms with van der Waals surface area (Å²) in [6.07, 6.45) is 3.98. The smallest absolute Gasteiger partial charge is 0.137 e. The normalized spacial score (nSPS) is 12.6. The van der Waals surface area contributed by atoms with Crippen LogP contribution in [0.4, 0.5) is 0 Å². The monoisotopic (exact) mass is 323 g/mol. The van der Waals surface area contributed by atoms with Gasteiger partial charge in [-0.1, -0.05) is 49.1 Å². The Hall–Kier alpha value is -3.26. The van der Waals surface area contributed by atoms with Gasteiger partial charge in [0.2, 0.25) is 0 Å². The van der Waals surface area contributed by atoms with Gasteiger partial charge < -0.3 is 8.98 Å². The molecular formula is C23H17NO. The van der Waals surface area contributed by atoms with E-state index in [1.54, 1.807) is 0 Å². The highest BCUT2D eigenvalue weighted by molar-refractivity contribution is 6.17. The van der Waals surface area contributed by atoms with Gasteiger partial charge in [-0.15, -0.1) is 0 Å². The molecule has 2 heteroatoms. The van der Waals surface area contributed by atoms with Gasteiger partial charge in [0.15, 0.2) is 0 Å². The number of furan rings is 1. The predicted octanol–water partition coefficient (Wildman–Crippen LogP) is 6.74. The summed E-state index contributed by atoms with van der Waals surface area (Å²) >= 11 is 0. The topological polar surface area (TPSA) is 18.1 Å². The van der Waals surface area contributed by atoms with Gasteiger partial charge in [-0.2, -0.15) is 0 Å². The molecule has 2 nitrogen and oxygen atoms in total. The Bertz CT molecular complexity index is 1310. The molecule has 2 heterocycles. The third-order valence-electron chi connectivity index (χ3n) is 4.93. The van der Waals surface area contributed by atoms with Crippen molar-refractivity contribution in [3.8, 4) is 0 Å². The standard InChI is InChI=1S/C23H17NO/c1-3-15(4-2)24-20-11-7-5-9-16(20)18-13-19-17-10-6-8-12-22(17)25-23(19)14-21(18)24/h3-14H,1H2,2H3/b15-4+. The fourth-order valence-electron chi connectivity index (χ4n) is 3.80. The summed E-state index contributed by atoms with van der Waals surface area (Å²) in [5.74, 6) is 0. The molecule has 3 aromatic carbocycles. The van der Waals surface area contributed by atoms with Crippen LogP contribution < -0.4 is 0 Å². The molecule has 0 aliphatic heterocycles.